The first-order valence-electron chi connectivity index (χ1n) is 18.1. The number of allylic oxidation sites excluding steroid dienone is 4. The quantitative estimate of drug-likeness (QED) is 0.180. The number of benzene rings is 7. The summed E-state index contributed by atoms with van der Waals surface area (Å²) in [5, 5.41) is 2.45. The van der Waals surface area contributed by atoms with Crippen LogP contribution in [0.25, 0.3) is 38.6 Å². The van der Waals surface area contributed by atoms with Crippen molar-refractivity contribution in [2.75, 3.05) is 16.3 Å². The summed E-state index contributed by atoms with van der Waals surface area (Å²) in [6.45, 7) is 9.98. The molecule has 0 atom stereocenters. The summed E-state index contributed by atoms with van der Waals surface area (Å²) in [4.78, 5) is 4.81. The molecule has 2 aliphatic rings. The molecule has 1 heterocycles. The SMILES string of the molecule is C=C1/C=C\C=C/CN(c2ccc3c(c2)C(C)(C)c2cc(N(c4ccccc4)c4ccc(-c5ccccc5)cc4)ccc2-3)c2cc3ccccc3cc21. The van der Waals surface area contributed by atoms with Crippen molar-refractivity contribution in [2.24, 2.45) is 0 Å². The summed E-state index contributed by atoms with van der Waals surface area (Å²) in [6.07, 6.45) is 8.58. The molecule has 2 nitrogen and oxygen atoms in total. The predicted molar refractivity (Wildman–Crippen MR) is 222 cm³/mol. The fraction of sp³-hybridized carbons (Fsp3) is 0.0800. The summed E-state index contributed by atoms with van der Waals surface area (Å²) in [6, 6.07) is 57.5. The number of para-hydroxylation sites is 1. The van der Waals surface area contributed by atoms with Crippen molar-refractivity contribution in [3.8, 4) is 22.3 Å². The maximum Gasteiger partial charge on any atom is 0.0499 e. The molecule has 0 bridgehead atoms. The van der Waals surface area contributed by atoms with Crippen molar-refractivity contribution in [1.29, 1.82) is 0 Å². The molecule has 7 aromatic rings. The van der Waals surface area contributed by atoms with E-state index in [1.54, 1.807) is 0 Å². The molecule has 0 amide bonds. The lowest BCUT2D eigenvalue weighted by molar-refractivity contribution is 0.660. The summed E-state index contributed by atoms with van der Waals surface area (Å²) < 4.78 is 0. The van der Waals surface area contributed by atoms with Crippen LogP contribution < -0.4 is 9.80 Å². The lowest BCUT2D eigenvalue weighted by atomic mass is 9.82. The van der Waals surface area contributed by atoms with Gasteiger partial charge in [-0.1, -0.05) is 142 Å². The fourth-order valence-corrected chi connectivity index (χ4v) is 8.04. The van der Waals surface area contributed by atoms with Crippen LogP contribution in [0, 0.1) is 0 Å². The lowest BCUT2D eigenvalue weighted by Crippen LogP contribution is -2.20. The van der Waals surface area contributed by atoms with E-state index in [0.29, 0.717) is 0 Å². The van der Waals surface area contributed by atoms with Crippen molar-refractivity contribution in [1.82, 2.24) is 0 Å². The van der Waals surface area contributed by atoms with E-state index in [-0.39, 0.29) is 5.41 Å². The third-order valence-corrected chi connectivity index (χ3v) is 10.8. The first-order chi connectivity index (χ1) is 25.5. The standard InChI is InChI=1S/C50H40N2/c1-35-15-7-6-14-30-51(49-32-39-19-13-12-18-38(39)31-46(35)49)42-26-28-44-45-29-27-43(34-48(45)50(2,3)47(44)33-42)52(40-20-10-5-11-21-40)41-24-22-37(23-25-41)36-16-8-4-9-17-36/h4-29,31-34H,1,30H2,2-3H3/b14-6-,15-7-. The Labute approximate surface area is 306 Å². The van der Waals surface area contributed by atoms with Crippen LogP contribution in [-0.2, 0) is 5.41 Å². The summed E-state index contributed by atoms with van der Waals surface area (Å²) in [5.41, 5.74) is 15.4. The molecular formula is C50H40N2. The van der Waals surface area contributed by atoms with Crippen LogP contribution in [-0.4, -0.2) is 6.54 Å². The van der Waals surface area contributed by atoms with E-state index in [2.05, 4.69) is 212 Å². The van der Waals surface area contributed by atoms with E-state index < -0.39 is 0 Å². The molecule has 0 saturated carbocycles. The third kappa shape index (κ3) is 5.45. The molecule has 0 fully saturated rings. The molecule has 0 N–H and O–H groups in total. The Balaban J connectivity index is 1.12. The van der Waals surface area contributed by atoms with Gasteiger partial charge in [-0.3, -0.25) is 0 Å². The first-order valence-corrected chi connectivity index (χ1v) is 18.1. The molecule has 0 radical (unpaired) electrons. The highest BCUT2D eigenvalue weighted by atomic mass is 15.1. The van der Waals surface area contributed by atoms with Gasteiger partial charge in [0.2, 0.25) is 0 Å². The van der Waals surface area contributed by atoms with E-state index in [1.165, 1.54) is 55.5 Å². The Kier molecular flexibility index (Phi) is 7.74. The average molecular weight is 669 g/mol. The molecule has 0 unspecified atom stereocenters. The highest BCUT2D eigenvalue weighted by Gasteiger charge is 2.37. The van der Waals surface area contributed by atoms with Gasteiger partial charge in [0.1, 0.15) is 0 Å². The van der Waals surface area contributed by atoms with Crippen molar-refractivity contribution >= 4 is 44.8 Å². The number of hydrogen-bond donors (Lipinski definition) is 0. The van der Waals surface area contributed by atoms with Crippen molar-refractivity contribution in [3.63, 3.8) is 0 Å². The second kappa shape index (κ2) is 12.7. The molecular weight excluding hydrogens is 629 g/mol. The van der Waals surface area contributed by atoms with Gasteiger partial charge in [-0.05, 0) is 110 Å². The number of anilines is 5. The molecule has 0 saturated heterocycles. The topological polar surface area (TPSA) is 6.48 Å². The number of hydrogen-bond acceptors (Lipinski definition) is 2. The molecule has 250 valence electrons. The Morgan fingerprint density at radius 1 is 0.538 bits per heavy atom. The average Bonchev–Trinajstić information content (AvgIpc) is 3.45. The lowest BCUT2D eigenvalue weighted by Gasteiger charge is -2.29. The van der Waals surface area contributed by atoms with E-state index >= 15 is 0 Å². The monoisotopic (exact) mass is 668 g/mol. The highest BCUT2D eigenvalue weighted by molar-refractivity contribution is 5.96. The maximum atomic E-state index is 4.47. The van der Waals surface area contributed by atoms with Crippen LogP contribution in [0.15, 0.2) is 189 Å². The molecule has 7 aromatic carbocycles. The van der Waals surface area contributed by atoms with Gasteiger partial charge in [0, 0.05) is 46.0 Å². The van der Waals surface area contributed by atoms with Crippen LogP contribution in [0.3, 0.4) is 0 Å². The van der Waals surface area contributed by atoms with Crippen molar-refractivity contribution in [3.05, 3.63) is 205 Å². The van der Waals surface area contributed by atoms with Gasteiger partial charge in [-0.2, -0.15) is 0 Å². The van der Waals surface area contributed by atoms with E-state index in [0.717, 1.165) is 34.7 Å². The maximum absolute atomic E-state index is 4.47. The van der Waals surface area contributed by atoms with Crippen LogP contribution in [0.1, 0.15) is 30.5 Å². The largest absolute Gasteiger partial charge is 0.337 e. The number of rotatable bonds is 5. The number of nitrogens with zero attached hydrogens (tertiary/aromatic N) is 2. The van der Waals surface area contributed by atoms with Crippen LogP contribution in [0.2, 0.25) is 0 Å². The zero-order valence-electron chi connectivity index (χ0n) is 29.6. The van der Waals surface area contributed by atoms with Gasteiger partial charge in [0.05, 0.1) is 0 Å². The Morgan fingerprint density at radius 2 is 1.13 bits per heavy atom. The van der Waals surface area contributed by atoms with Gasteiger partial charge in [0.15, 0.2) is 0 Å². The highest BCUT2D eigenvalue weighted by Crippen LogP contribution is 2.52. The second-order valence-corrected chi connectivity index (χ2v) is 14.3. The number of fused-ring (bicyclic) bond motifs is 5. The molecule has 1 aliphatic heterocycles. The molecule has 0 aromatic heterocycles. The van der Waals surface area contributed by atoms with E-state index in [1.807, 2.05) is 0 Å². The molecule has 1 aliphatic carbocycles. The zero-order chi connectivity index (χ0) is 35.2. The smallest absolute Gasteiger partial charge is 0.0499 e. The van der Waals surface area contributed by atoms with E-state index in [4.69, 9.17) is 0 Å². The van der Waals surface area contributed by atoms with E-state index in [9.17, 15) is 0 Å². The predicted octanol–water partition coefficient (Wildman–Crippen LogP) is 13.6. The van der Waals surface area contributed by atoms with Gasteiger partial charge >= 0.3 is 0 Å². The van der Waals surface area contributed by atoms with Crippen LogP contribution in [0.4, 0.5) is 28.4 Å². The van der Waals surface area contributed by atoms with Crippen LogP contribution in [0.5, 0.6) is 0 Å². The Hall–Kier alpha value is -6.38. The summed E-state index contributed by atoms with van der Waals surface area (Å²) in [5.74, 6) is 0. The minimum Gasteiger partial charge on any atom is -0.337 e. The normalized spacial score (nSPS) is 15.5. The van der Waals surface area contributed by atoms with Gasteiger partial charge in [0.25, 0.3) is 0 Å². The third-order valence-electron chi connectivity index (χ3n) is 10.8. The first kappa shape index (κ1) is 31.6. The fourth-order valence-electron chi connectivity index (χ4n) is 8.04. The molecule has 2 heteroatoms. The minimum absolute atomic E-state index is 0.205. The molecule has 52 heavy (non-hydrogen) atoms. The van der Waals surface area contributed by atoms with Crippen molar-refractivity contribution < 1.29 is 0 Å². The van der Waals surface area contributed by atoms with Crippen LogP contribution >= 0.6 is 0 Å². The minimum atomic E-state index is -0.205. The Morgan fingerprint density at radius 3 is 1.88 bits per heavy atom. The van der Waals surface area contributed by atoms with Crippen molar-refractivity contribution in [2.45, 2.75) is 19.3 Å². The van der Waals surface area contributed by atoms with Gasteiger partial charge in [-0.15, -0.1) is 0 Å². The van der Waals surface area contributed by atoms with Gasteiger partial charge < -0.3 is 9.80 Å². The Bertz CT molecular complexity index is 2520. The second-order valence-electron chi connectivity index (χ2n) is 14.3. The molecule has 0 spiro atoms. The zero-order valence-corrected chi connectivity index (χ0v) is 29.6. The summed E-state index contributed by atoms with van der Waals surface area (Å²) >= 11 is 0. The summed E-state index contributed by atoms with van der Waals surface area (Å²) in [7, 11) is 0. The van der Waals surface area contributed by atoms with Gasteiger partial charge in [-0.25, -0.2) is 0 Å². The molecule has 9 rings (SSSR count).